The van der Waals surface area contributed by atoms with E-state index in [1.807, 2.05) is 0 Å². The molecule has 1 amide bonds. The Bertz CT molecular complexity index is 473. The molecule has 1 fully saturated rings. The van der Waals surface area contributed by atoms with Gasteiger partial charge in [-0.3, -0.25) is 4.79 Å². The van der Waals surface area contributed by atoms with Crippen molar-refractivity contribution in [3.8, 4) is 5.75 Å². The number of ether oxygens (including phenoxy) is 3. The van der Waals surface area contributed by atoms with Gasteiger partial charge in [0.25, 0.3) is 5.91 Å². The number of anilines is 1. The van der Waals surface area contributed by atoms with Crippen molar-refractivity contribution in [2.45, 2.75) is 6.29 Å². The van der Waals surface area contributed by atoms with E-state index in [4.69, 9.17) is 14.2 Å². The summed E-state index contributed by atoms with van der Waals surface area (Å²) in [7, 11) is 0. The molecule has 6 heteroatoms. The van der Waals surface area contributed by atoms with E-state index in [9.17, 15) is 9.18 Å². The van der Waals surface area contributed by atoms with Gasteiger partial charge in [-0.25, -0.2) is 4.39 Å². The molecule has 1 saturated heterocycles. The molecule has 2 aliphatic heterocycles. The summed E-state index contributed by atoms with van der Waals surface area (Å²) in [4.78, 5) is 13.3. The lowest BCUT2D eigenvalue weighted by Crippen LogP contribution is -2.43. The van der Waals surface area contributed by atoms with Crippen LogP contribution in [-0.2, 0) is 14.3 Å². The predicted octanol–water partition coefficient (Wildman–Crippen LogP) is 0.924. The van der Waals surface area contributed by atoms with Gasteiger partial charge < -0.3 is 19.1 Å². The Balaban J connectivity index is 1.86. The Morgan fingerprint density at radius 3 is 2.89 bits per heavy atom. The molecule has 0 radical (unpaired) electrons. The Hall–Kier alpha value is -1.66. The maximum absolute atomic E-state index is 13.1. The molecule has 3 rings (SSSR count). The van der Waals surface area contributed by atoms with Crippen LogP contribution in [0.4, 0.5) is 10.1 Å². The van der Waals surface area contributed by atoms with E-state index in [1.54, 1.807) is 0 Å². The van der Waals surface area contributed by atoms with E-state index >= 15 is 0 Å². The minimum Gasteiger partial charge on any atom is -0.481 e. The van der Waals surface area contributed by atoms with Crippen LogP contribution in [0, 0.1) is 5.82 Å². The zero-order valence-electron chi connectivity index (χ0n) is 9.60. The summed E-state index contributed by atoms with van der Waals surface area (Å²) in [6.07, 6.45) is -0.426. The number of hydrogen-bond acceptors (Lipinski definition) is 4. The van der Waals surface area contributed by atoms with Gasteiger partial charge in [0.2, 0.25) is 0 Å². The van der Waals surface area contributed by atoms with Crippen LogP contribution in [0.3, 0.4) is 0 Å². The van der Waals surface area contributed by atoms with Crippen molar-refractivity contribution >= 4 is 11.6 Å². The molecule has 0 aromatic heterocycles. The monoisotopic (exact) mass is 253 g/mol. The minimum absolute atomic E-state index is 0.0941. The highest BCUT2D eigenvalue weighted by Gasteiger charge is 2.30. The fourth-order valence-corrected chi connectivity index (χ4v) is 2.04. The van der Waals surface area contributed by atoms with Gasteiger partial charge in [-0.15, -0.1) is 0 Å². The van der Waals surface area contributed by atoms with Crippen molar-refractivity contribution in [2.75, 3.05) is 31.3 Å². The Morgan fingerprint density at radius 2 is 2.11 bits per heavy atom. The number of benzene rings is 1. The number of fused-ring (bicyclic) bond motifs is 1. The average molecular weight is 253 g/mol. The highest BCUT2D eigenvalue weighted by atomic mass is 19.1. The zero-order chi connectivity index (χ0) is 12.5. The van der Waals surface area contributed by atoms with Crippen molar-refractivity contribution in [2.24, 2.45) is 0 Å². The van der Waals surface area contributed by atoms with Gasteiger partial charge in [0.15, 0.2) is 12.9 Å². The van der Waals surface area contributed by atoms with Crippen LogP contribution < -0.4 is 9.64 Å². The minimum atomic E-state index is -0.426. The molecular weight excluding hydrogens is 241 g/mol. The molecule has 0 unspecified atom stereocenters. The first-order valence-corrected chi connectivity index (χ1v) is 5.70. The molecule has 2 heterocycles. The van der Waals surface area contributed by atoms with Gasteiger partial charge in [0.05, 0.1) is 25.4 Å². The Labute approximate surface area is 103 Å². The first-order valence-electron chi connectivity index (χ1n) is 5.70. The third-order valence-electron chi connectivity index (χ3n) is 2.89. The van der Waals surface area contributed by atoms with Crippen LogP contribution >= 0.6 is 0 Å². The maximum atomic E-state index is 13.1. The first kappa shape index (κ1) is 11.4. The van der Waals surface area contributed by atoms with E-state index in [1.165, 1.54) is 23.1 Å². The van der Waals surface area contributed by atoms with E-state index < -0.39 is 12.1 Å². The van der Waals surface area contributed by atoms with Gasteiger partial charge in [-0.2, -0.15) is 0 Å². The van der Waals surface area contributed by atoms with Crippen LogP contribution in [0.15, 0.2) is 18.2 Å². The largest absolute Gasteiger partial charge is 0.481 e. The summed E-state index contributed by atoms with van der Waals surface area (Å²) in [5, 5.41) is 0. The molecule has 0 atom stereocenters. The molecule has 18 heavy (non-hydrogen) atoms. The predicted molar refractivity (Wildman–Crippen MR) is 59.9 cm³/mol. The number of carbonyl (C=O) groups is 1. The number of carbonyl (C=O) groups excluding carboxylic acids is 1. The third-order valence-corrected chi connectivity index (χ3v) is 2.89. The van der Waals surface area contributed by atoms with Gasteiger partial charge >= 0.3 is 0 Å². The number of amides is 1. The van der Waals surface area contributed by atoms with Crippen molar-refractivity contribution in [1.82, 2.24) is 0 Å². The van der Waals surface area contributed by atoms with Gasteiger partial charge in [-0.1, -0.05) is 0 Å². The summed E-state index contributed by atoms with van der Waals surface area (Å²) in [6.45, 7) is 1.25. The second kappa shape index (κ2) is 4.55. The molecule has 0 saturated carbocycles. The fraction of sp³-hybridized carbons (Fsp3) is 0.417. The van der Waals surface area contributed by atoms with Gasteiger partial charge in [0, 0.05) is 6.07 Å². The van der Waals surface area contributed by atoms with E-state index in [0.717, 1.165) is 0 Å². The lowest BCUT2D eigenvalue weighted by Gasteiger charge is -2.30. The van der Waals surface area contributed by atoms with Crippen molar-refractivity contribution in [3.63, 3.8) is 0 Å². The standard InChI is InChI=1S/C12H12FNO4/c13-8-1-2-9-10(5-8)18-7-11(15)14(9)6-12-16-3-4-17-12/h1-2,5,12H,3-4,6-7H2. The Morgan fingerprint density at radius 1 is 1.33 bits per heavy atom. The smallest absolute Gasteiger partial charge is 0.265 e. The quantitative estimate of drug-likeness (QED) is 0.786. The number of nitrogens with zero attached hydrogens (tertiary/aromatic N) is 1. The lowest BCUT2D eigenvalue weighted by atomic mass is 10.2. The van der Waals surface area contributed by atoms with Crippen molar-refractivity contribution in [3.05, 3.63) is 24.0 Å². The topological polar surface area (TPSA) is 48.0 Å². The average Bonchev–Trinajstić information content (AvgIpc) is 2.86. The molecule has 1 aromatic carbocycles. The SMILES string of the molecule is O=C1COc2cc(F)ccc2N1CC1OCCO1. The molecule has 0 aliphatic carbocycles. The summed E-state index contributed by atoms with van der Waals surface area (Å²) in [6, 6.07) is 4.09. The van der Waals surface area contributed by atoms with Crippen LogP contribution in [0.1, 0.15) is 0 Å². The summed E-state index contributed by atoms with van der Waals surface area (Å²) in [5.41, 5.74) is 0.548. The summed E-state index contributed by atoms with van der Waals surface area (Å²) < 4.78 is 28.9. The van der Waals surface area contributed by atoms with Gasteiger partial charge in [-0.05, 0) is 12.1 Å². The molecule has 0 bridgehead atoms. The van der Waals surface area contributed by atoms with Crippen LogP contribution in [0.2, 0.25) is 0 Å². The first-order chi connectivity index (χ1) is 8.74. The highest BCUT2D eigenvalue weighted by molar-refractivity contribution is 5.97. The molecule has 0 N–H and O–H groups in total. The molecule has 5 nitrogen and oxygen atoms in total. The number of hydrogen-bond donors (Lipinski definition) is 0. The Kier molecular flexibility index (Phi) is 2.89. The van der Waals surface area contributed by atoms with E-state index in [0.29, 0.717) is 31.2 Å². The van der Waals surface area contributed by atoms with Crippen LogP contribution in [-0.4, -0.2) is 38.6 Å². The molecular formula is C12H12FNO4. The number of rotatable bonds is 2. The molecule has 96 valence electrons. The van der Waals surface area contributed by atoms with Crippen LogP contribution in [0.25, 0.3) is 0 Å². The third kappa shape index (κ3) is 2.04. The molecule has 1 aromatic rings. The maximum Gasteiger partial charge on any atom is 0.265 e. The fourth-order valence-electron chi connectivity index (χ4n) is 2.04. The second-order valence-corrected chi connectivity index (χ2v) is 4.08. The second-order valence-electron chi connectivity index (χ2n) is 4.08. The number of halogens is 1. The molecule has 0 spiro atoms. The van der Waals surface area contributed by atoms with Gasteiger partial charge in [0.1, 0.15) is 11.6 Å². The lowest BCUT2D eigenvalue weighted by molar-refractivity contribution is -0.122. The normalized spacial score (nSPS) is 19.8. The summed E-state index contributed by atoms with van der Waals surface area (Å²) >= 11 is 0. The van der Waals surface area contributed by atoms with Crippen molar-refractivity contribution < 1.29 is 23.4 Å². The zero-order valence-corrected chi connectivity index (χ0v) is 9.60. The highest BCUT2D eigenvalue weighted by Crippen LogP contribution is 2.33. The van der Waals surface area contributed by atoms with Crippen molar-refractivity contribution in [1.29, 1.82) is 0 Å². The van der Waals surface area contributed by atoms with E-state index in [-0.39, 0.29) is 12.5 Å². The van der Waals surface area contributed by atoms with E-state index in [2.05, 4.69) is 0 Å². The summed E-state index contributed by atoms with van der Waals surface area (Å²) in [5.74, 6) is -0.211. The molecule has 2 aliphatic rings. The van der Waals surface area contributed by atoms with Crippen LogP contribution in [0.5, 0.6) is 5.75 Å².